The summed E-state index contributed by atoms with van der Waals surface area (Å²) in [6.07, 6.45) is 0.774. The molecule has 3 rings (SSSR count). The summed E-state index contributed by atoms with van der Waals surface area (Å²) in [4.78, 5) is 29.5. The average Bonchev–Trinajstić information content (AvgIpc) is 2.87. The number of aromatic nitrogens is 1. The van der Waals surface area contributed by atoms with Crippen LogP contribution >= 0.6 is 11.3 Å². The number of hydrogen-bond acceptors (Lipinski definition) is 4. The van der Waals surface area contributed by atoms with Crippen LogP contribution in [0.25, 0.3) is 0 Å². The van der Waals surface area contributed by atoms with Crippen molar-refractivity contribution < 1.29 is 14.0 Å². The Morgan fingerprint density at radius 2 is 2.27 bits per heavy atom. The number of carbonyl (C=O) groups excluding carboxylic acids is 2. The molecule has 5 nitrogen and oxygen atoms in total. The molecule has 114 valence electrons. The van der Waals surface area contributed by atoms with Gasteiger partial charge in [0, 0.05) is 11.8 Å². The minimum absolute atomic E-state index is 0.212. The maximum Gasteiger partial charge on any atom is 0.246 e. The molecular weight excluding hydrogens is 305 g/mol. The van der Waals surface area contributed by atoms with E-state index in [1.807, 2.05) is 12.3 Å². The van der Waals surface area contributed by atoms with E-state index >= 15 is 0 Å². The van der Waals surface area contributed by atoms with Gasteiger partial charge in [-0.25, -0.2) is 9.37 Å². The zero-order valence-electron chi connectivity index (χ0n) is 11.9. The molecule has 0 bridgehead atoms. The van der Waals surface area contributed by atoms with Crippen molar-refractivity contribution in [3.05, 3.63) is 40.7 Å². The molecule has 0 saturated heterocycles. The summed E-state index contributed by atoms with van der Waals surface area (Å²) in [5.41, 5.74) is 1.77. The number of nitrogens with zero attached hydrogens (tertiary/aromatic N) is 2. The monoisotopic (exact) mass is 319 g/mol. The van der Waals surface area contributed by atoms with Crippen LogP contribution in [-0.4, -0.2) is 23.3 Å². The number of halogens is 1. The topological polar surface area (TPSA) is 62.3 Å². The number of thiazole rings is 1. The van der Waals surface area contributed by atoms with E-state index in [1.54, 1.807) is 12.1 Å². The number of amides is 2. The Morgan fingerprint density at radius 1 is 1.45 bits per heavy atom. The molecule has 1 aromatic heterocycles. The van der Waals surface area contributed by atoms with Crippen LogP contribution in [-0.2, 0) is 16.0 Å². The smallest absolute Gasteiger partial charge is 0.246 e. The SMILES string of the molecule is Cc1csc(NC(=O)CN2C(=O)CCc3cccc(F)c32)n1. The van der Waals surface area contributed by atoms with Crippen molar-refractivity contribution in [2.75, 3.05) is 16.8 Å². The van der Waals surface area contributed by atoms with E-state index < -0.39 is 5.82 Å². The van der Waals surface area contributed by atoms with Crippen LogP contribution in [0.2, 0.25) is 0 Å². The molecule has 1 aliphatic heterocycles. The van der Waals surface area contributed by atoms with Crippen LogP contribution in [0, 0.1) is 12.7 Å². The summed E-state index contributed by atoms with van der Waals surface area (Å²) in [6, 6.07) is 4.69. The summed E-state index contributed by atoms with van der Waals surface area (Å²) in [6.45, 7) is 1.61. The number of para-hydroxylation sites is 1. The number of carbonyl (C=O) groups is 2. The van der Waals surface area contributed by atoms with Crippen LogP contribution in [0.15, 0.2) is 23.6 Å². The number of fused-ring (bicyclic) bond motifs is 1. The molecule has 0 aliphatic carbocycles. The van der Waals surface area contributed by atoms with Crippen molar-refractivity contribution in [1.82, 2.24) is 4.98 Å². The van der Waals surface area contributed by atoms with E-state index in [0.717, 1.165) is 11.3 Å². The molecular formula is C15H14FN3O2S. The zero-order valence-corrected chi connectivity index (χ0v) is 12.7. The third-order valence-electron chi connectivity index (χ3n) is 3.42. The Balaban J connectivity index is 1.80. The van der Waals surface area contributed by atoms with Crippen molar-refractivity contribution in [3.8, 4) is 0 Å². The minimum Gasteiger partial charge on any atom is -0.300 e. The molecule has 22 heavy (non-hydrogen) atoms. The molecule has 1 aromatic carbocycles. The van der Waals surface area contributed by atoms with Gasteiger partial charge in [0.15, 0.2) is 5.13 Å². The van der Waals surface area contributed by atoms with Gasteiger partial charge in [-0.15, -0.1) is 11.3 Å². The van der Waals surface area contributed by atoms with Crippen LogP contribution in [0.1, 0.15) is 17.7 Å². The highest BCUT2D eigenvalue weighted by Crippen LogP contribution is 2.30. The Morgan fingerprint density at radius 3 is 3.00 bits per heavy atom. The van der Waals surface area contributed by atoms with Crippen molar-refractivity contribution in [1.29, 1.82) is 0 Å². The summed E-state index contributed by atoms with van der Waals surface area (Å²) in [7, 11) is 0. The van der Waals surface area contributed by atoms with Crippen molar-refractivity contribution >= 4 is 34.0 Å². The lowest BCUT2D eigenvalue weighted by molar-refractivity contribution is -0.121. The predicted molar refractivity (Wildman–Crippen MR) is 82.6 cm³/mol. The predicted octanol–water partition coefficient (Wildman–Crippen LogP) is 2.51. The van der Waals surface area contributed by atoms with Gasteiger partial charge < -0.3 is 5.32 Å². The molecule has 0 fully saturated rings. The van der Waals surface area contributed by atoms with E-state index in [-0.39, 0.29) is 30.5 Å². The van der Waals surface area contributed by atoms with Gasteiger partial charge in [-0.1, -0.05) is 12.1 Å². The van der Waals surface area contributed by atoms with Gasteiger partial charge >= 0.3 is 0 Å². The van der Waals surface area contributed by atoms with E-state index in [4.69, 9.17) is 0 Å². The molecule has 2 heterocycles. The van der Waals surface area contributed by atoms with E-state index in [9.17, 15) is 14.0 Å². The lowest BCUT2D eigenvalue weighted by Gasteiger charge is -2.29. The highest BCUT2D eigenvalue weighted by Gasteiger charge is 2.28. The Kier molecular flexibility index (Phi) is 3.89. The van der Waals surface area contributed by atoms with Gasteiger partial charge in [0.25, 0.3) is 0 Å². The average molecular weight is 319 g/mol. The third-order valence-corrected chi connectivity index (χ3v) is 4.29. The van der Waals surface area contributed by atoms with Crippen LogP contribution < -0.4 is 10.2 Å². The van der Waals surface area contributed by atoms with Crippen LogP contribution in [0.3, 0.4) is 0 Å². The molecule has 0 unspecified atom stereocenters. The summed E-state index contributed by atoms with van der Waals surface area (Å²) >= 11 is 1.31. The molecule has 2 amide bonds. The lowest BCUT2D eigenvalue weighted by Crippen LogP contribution is -2.41. The number of anilines is 2. The minimum atomic E-state index is -0.483. The van der Waals surface area contributed by atoms with Gasteiger partial charge in [0.05, 0.1) is 11.4 Å². The number of benzene rings is 1. The fraction of sp³-hybridized carbons (Fsp3) is 0.267. The molecule has 1 N–H and O–H groups in total. The second kappa shape index (κ2) is 5.84. The first-order valence-electron chi connectivity index (χ1n) is 6.84. The molecule has 2 aromatic rings. The second-order valence-electron chi connectivity index (χ2n) is 5.07. The molecule has 0 radical (unpaired) electrons. The van der Waals surface area contributed by atoms with Gasteiger partial charge in [-0.05, 0) is 25.0 Å². The van der Waals surface area contributed by atoms with E-state index in [2.05, 4.69) is 10.3 Å². The van der Waals surface area contributed by atoms with Crippen molar-refractivity contribution in [2.24, 2.45) is 0 Å². The first kappa shape index (κ1) is 14.6. The van der Waals surface area contributed by atoms with E-state index in [0.29, 0.717) is 11.6 Å². The Labute approximate surface area is 130 Å². The number of aryl methyl sites for hydroxylation is 2. The third kappa shape index (κ3) is 2.85. The summed E-state index contributed by atoms with van der Waals surface area (Å²) < 4.78 is 14.0. The first-order valence-corrected chi connectivity index (χ1v) is 7.72. The normalized spacial score (nSPS) is 13.9. The van der Waals surface area contributed by atoms with Gasteiger partial charge in [0.2, 0.25) is 11.8 Å². The van der Waals surface area contributed by atoms with E-state index in [1.165, 1.54) is 22.3 Å². The lowest BCUT2D eigenvalue weighted by atomic mass is 10.0. The Bertz CT molecular complexity index is 744. The molecule has 1 aliphatic rings. The van der Waals surface area contributed by atoms with Gasteiger partial charge in [-0.3, -0.25) is 14.5 Å². The number of rotatable bonds is 3. The Hall–Kier alpha value is -2.28. The highest BCUT2D eigenvalue weighted by molar-refractivity contribution is 7.13. The van der Waals surface area contributed by atoms with Crippen molar-refractivity contribution in [2.45, 2.75) is 19.8 Å². The summed E-state index contributed by atoms with van der Waals surface area (Å²) in [5.74, 6) is -1.12. The van der Waals surface area contributed by atoms with Gasteiger partial charge in [-0.2, -0.15) is 0 Å². The first-order chi connectivity index (χ1) is 10.5. The molecule has 0 atom stereocenters. The van der Waals surface area contributed by atoms with Crippen LogP contribution in [0.4, 0.5) is 15.2 Å². The summed E-state index contributed by atoms with van der Waals surface area (Å²) in [5, 5.41) is 4.92. The standard InChI is InChI=1S/C15H14FN3O2S/c1-9-8-22-15(17-9)18-12(20)7-19-13(21)6-5-10-3-2-4-11(16)14(10)19/h2-4,8H,5-7H2,1H3,(H,17,18,20). The fourth-order valence-corrected chi connectivity index (χ4v) is 3.15. The number of nitrogens with one attached hydrogen (secondary N) is 1. The largest absolute Gasteiger partial charge is 0.300 e. The molecule has 0 saturated carbocycles. The second-order valence-corrected chi connectivity index (χ2v) is 5.93. The number of hydrogen-bond donors (Lipinski definition) is 1. The quantitative estimate of drug-likeness (QED) is 0.945. The highest BCUT2D eigenvalue weighted by atomic mass is 32.1. The van der Waals surface area contributed by atoms with Crippen LogP contribution in [0.5, 0.6) is 0 Å². The van der Waals surface area contributed by atoms with Gasteiger partial charge in [0.1, 0.15) is 12.4 Å². The maximum atomic E-state index is 14.0. The zero-order chi connectivity index (χ0) is 15.7. The maximum absolute atomic E-state index is 14.0. The molecule has 0 spiro atoms. The van der Waals surface area contributed by atoms with Crippen molar-refractivity contribution in [3.63, 3.8) is 0 Å². The molecule has 7 heteroatoms. The fourth-order valence-electron chi connectivity index (χ4n) is 2.45.